The van der Waals surface area contributed by atoms with Crippen LogP contribution < -0.4 is 10.9 Å². The quantitative estimate of drug-likeness (QED) is 0.913. The highest BCUT2D eigenvalue weighted by atomic mass is 79.9. The van der Waals surface area contributed by atoms with Crippen molar-refractivity contribution in [2.24, 2.45) is 5.41 Å². The molecule has 1 saturated heterocycles. The van der Waals surface area contributed by atoms with Gasteiger partial charge in [-0.15, -0.1) is 0 Å². The smallest absolute Gasteiger partial charge is 0.283 e. The van der Waals surface area contributed by atoms with Crippen molar-refractivity contribution in [2.75, 3.05) is 25.1 Å². The third-order valence-corrected chi connectivity index (χ3v) is 4.60. The topological polar surface area (TPSA) is 56.1 Å². The molecule has 0 radical (unpaired) electrons. The second kappa shape index (κ2) is 6.26. The van der Waals surface area contributed by atoms with Crippen LogP contribution in [0.15, 0.2) is 15.5 Å². The van der Waals surface area contributed by atoms with Gasteiger partial charge in [-0.25, -0.2) is 4.68 Å². The summed E-state index contributed by atoms with van der Waals surface area (Å²) >= 11 is 3.38. The molecular weight excluding hydrogens is 322 g/mol. The van der Waals surface area contributed by atoms with Crippen molar-refractivity contribution in [1.29, 1.82) is 0 Å². The number of hydrogen-bond acceptors (Lipinski definition) is 4. The summed E-state index contributed by atoms with van der Waals surface area (Å²) in [5.74, 6) is 0. The van der Waals surface area contributed by atoms with Crippen LogP contribution in [0.1, 0.15) is 39.7 Å². The molecule has 5 nitrogen and oxygen atoms in total. The van der Waals surface area contributed by atoms with Gasteiger partial charge in [0.1, 0.15) is 4.47 Å². The van der Waals surface area contributed by atoms with Crippen LogP contribution in [0.4, 0.5) is 5.69 Å². The average Bonchev–Trinajstić information content (AvgIpc) is 2.41. The van der Waals surface area contributed by atoms with E-state index >= 15 is 0 Å². The minimum Gasteiger partial charge on any atom is -0.382 e. The molecule has 1 N–H and O–H groups in total. The first-order valence-electron chi connectivity index (χ1n) is 7.02. The van der Waals surface area contributed by atoms with E-state index < -0.39 is 0 Å². The highest BCUT2D eigenvalue weighted by Gasteiger charge is 2.27. The van der Waals surface area contributed by atoms with Gasteiger partial charge >= 0.3 is 0 Å². The Balaban J connectivity index is 2.10. The van der Waals surface area contributed by atoms with E-state index in [4.69, 9.17) is 4.74 Å². The Hall–Kier alpha value is -0.880. The lowest BCUT2D eigenvalue weighted by Gasteiger charge is -2.34. The molecule has 1 aliphatic rings. The van der Waals surface area contributed by atoms with Crippen molar-refractivity contribution >= 4 is 21.6 Å². The maximum Gasteiger partial charge on any atom is 0.283 e. The third kappa shape index (κ3) is 3.41. The Morgan fingerprint density at radius 2 is 2.15 bits per heavy atom. The van der Waals surface area contributed by atoms with Crippen LogP contribution in [0.5, 0.6) is 0 Å². The molecule has 0 atom stereocenters. The molecule has 6 heteroatoms. The fourth-order valence-corrected chi connectivity index (χ4v) is 2.71. The second-order valence-corrected chi connectivity index (χ2v) is 6.79. The maximum absolute atomic E-state index is 12.2. The fourth-order valence-electron chi connectivity index (χ4n) is 2.29. The molecule has 1 aliphatic heterocycles. The third-order valence-electron chi connectivity index (χ3n) is 3.84. The normalized spacial score (nSPS) is 18.2. The Labute approximate surface area is 127 Å². The van der Waals surface area contributed by atoms with Gasteiger partial charge in [0.05, 0.1) is 17.9 Å². The van der Waals surface area contributed by atoms with Crippen LogP contribution in [-0.4, -0.2) is 29.5 Å². The summed E-state index contributed by atoms with van der Waals surface area (Å²) in [6.45, 7) is 8.58. The zero-order valence-electron chi connectivity index (χ0n) is 12.3. The number of halogens is 1. The zero-order chi connectivity index (χ0) is 14.8. The summed E-state index contributed by atoms with van der Waals surface area (Å²) in [5, 5.41) is 7.56. The summed E-state index contributed by atoms with van der Waals surface area (Å²) in [7, 11) is 0. The number of nitrogens with zero attached hydrogens (tertiary/aromatic N) is 2. The number of anilines is 1. The van der Waals surface area contributed by atoms with E-state index in [-0.39, 0.29) is 17.0 Å². The van der Waals surface area contributed by atoms with Crippen LogP contribution in [0.3, 0.4) is 0 Å². The van der Waals surface area contributed by atoms with E-state index in [1.165, 1.54) is 4.68 Å². The largest absolute Gasteiger partial charge is 0.382 e. The summed E-state index contributed by atoms with van der Waals surface area (Å²) in [6, 6.07) is 0.0564. The first kappa shape index (κ1) is 15.5. The van der Waals surface area contributed by atoms with Gasteiger partial charge in [0, 0.05) is 19.8 Å². The summed E-state index contributed by atoms with van der Waals surface area (Å²) in [6.07, 6.45) is 3.79. The monoisotopic (exact) mass is 343 g/mol. The second-order valence-electron chi connectivity index (χ2n) is 5.99. The van der Waals surface area contributed by atoms with Crippen LogP contribution in [0.25, 0.3) is 0 Å². The van der Waals surface area contributed by atoms with Crippen LogP contribution in [0.2, 0.25) is 0 Å². The minimum atomic E-state index is -0.0952. The van der Waals surface area contributed by atoms with Crippen LogP contribution >= 0.6 is 15.9 Å². The zero-order valence-corrected chi connectivity index (χ0v) is 13.9. The van der Waals surface area contributed by atoms with Gasteiger partial charge in [0.15, 0.2) is 0 Å². The molecule has 0 bridgehead atoms. The molecule has 2 rings (SSSR count). The van der Waals surface area contributed by atoms with Gasteiger partial charge in [-0.1, -0.05) is 6.92 Å². The van der Waals surface area contributed by atoms with Gasteiger partial charge in [0.25, 0.3) is 5.56 Å². The fraction of sp³-hybridized carbons (Fsp3) is 0.714. The standard InChI is InChI=1S/C14H22BrN3O2/c1-10(2)18-13(19)12(15)11(8-17-18)16-9-14(3)4-6-20-7-5-14/h8,10,16H,4-7,9H2,1-3H3. The van der Waals surface area contributed by atoms with Gasteiger partial charge in [-0.2, -0.15) is 5.10 Å². The average molecular weight is 344 g/mol. The van der Waals surface area contributed by atoms with E-state index in [2.05, 4.69) is 33.3 Å². The Morgan fingerprint density at radius 1 is 1.50 bits per heavy atom. The van der Waals surface area contributed by atoms with E-state index in [1.54, 1.807) is 6.20 Å². The van der Waals surface area contributed by atoms with Gasteiger partial charge < -0.3 is 10.1 Å². The summed E-state index contributed by atoms with van der Waals surface area (Å²) in [5.41, 5.74) is 0.881. The van der Waals surface area contributed by atoms with Crippen molar-refractivity contribution in [3.05, 3.63) is 21.0 Å². The van der Waals surface area contributed by atoms with Crippen molar-refractivity contribution in [3.8, 4) is 0 Å². The molecule has 0 aromatic carbocycles. The Morgan fingerprint density at radius 3 is 2.75 bits per heavy atom. The lowest BCUT2D eigenvalue weighted by atomic mass is 9.82. The van der Waals surface area contributed by atoms with E-state index in [1.807, 2.05) is 13.8 Å². The SMILES string of the molecule is CC(C)n1ncc(NCC2(C)CCOCC2)c(Br)c1=O. The number of rotatable bonds is 4. The number of nitrogens with one attached hydrogen (secondary N) is 1. The number of aromatic nitrogens is 2. The minimum absolute atomic E-state index is 0.0564. The molecule has 20 heavy (non-hydrogen) atoms. The Kier molecular flexibility index (Phi) is 4.86. The first-order valence-corrected chi connectivity index (χ1v) is 7.81. The van der Waals surface area contributed by atoms with Crippen molar-refractivity contribution in [3.63, 3.8) is 0 Å². The molecule has 0 aliphatic carbocycles. The molecule has 1 fully saturated rings. The van der Waals surface area contributed by atoms with E-state index in [0.717, 1.165) is 38.3 Å². The predicted octanol–water partition coefficient (Wildman–Crippen LogP) is 2.82. The lowest BCUT2D eigenvalue weighted by Crippen LogP contribution is -2.34. The molecule has 1 aromatic heterocycles. The molecule has 1 aromatic rings. The van der Waals surface area contributed by atoms with Crippen LogP contribution in [0, 0.1) is 5.41 Å². The molecule has 112 valence electrons. The number of hydrogen-bond donors (Lipinski definition) is 1. The molecule has 0 amide bonds. The predicted molar refractivity (Wildman–Crippen MR) is 83.2 cm³/mol. The highest BCUT2D eigenvalue weighted by molar-refractivity contribution is 9.10. The first-order chi connectivity index (χ1) is 9.43. The summed E-state index contributed by atoms with van der Waals surface area (Å²) < 4.78 is 7.43. The maximum atomic E-state index is 12.2. The highest BCUT2D eigenvalue weighted by Crippen LogP contribution is 2.30. The molecule has 0 saturated carbocycles. The molecule has 0 spiro atoms. The van der Waals surface area contributed by atoms with Crippen molar-refractivity contribution in [1.82, 2.24) is 9.78 Å². The Bertz CT molecular complexity index is 522. The number of ether oxygens (including phenoxy) is 1. The van der Waals surface area contributed by atoms with E-state index in [9.17, 15) is 4.79 Å². The summed E-state index contributed by atoms with van der Waals surface area (Å²) in [4.78, 5) is 12.2. The van der Waals surface area contributed by atoms with Crippen LogP contribution in [-0.2, 0) is 4.74 Å². The van der Waals surface area contributed by atoms with Gasteiger partial charge in [-0.3, -0.25) is 4.79 Å². The van der Waals surface area contributed by atoms with Crippen molar-refractivity contribution < 1.29 is 4.74 Å². The molecule has 2 heterocycles. The molecule has 0 unspecified atom stereocenters. The van der Waals surface area contributed by atoms with Gasteiger partial charge in [-0.05, 0) is 48.0 Å². The van der Waals surface area contributed by atoms with Gasteiger partial charge in [0.2, 0.25) is 0 Å². The van der Waals surface area contributed by atoms with E-state index in [0.29, 0.717) is 4.47 Å². The lowest BCUT2D eigenvalue weighted by molar-refractivity contribution is 0.0300. The van der Waals surface area contributed by atoms with Crippen molar-refractivity contribution in [2.45, 2.75) is 39.7 Å². The molecular formula is C14H22BrN3O2.